The molecule has 0 aromatic carbocycles. The third-order valence-corrected chi connectivity index (χ3v) is 7.60. The fourth-order valence-corrected chi connectivity index (χ4v) is 6.38. The predicted molar refractivity (Wildman–Crippen MR) is 117 cm³/mol. The third-order valence-electron chi connectivity index (χ3n) is 5.14. The molecule has 0 fully saturated rings. The van der Waals surface area contributed by atoms with E-state index < -0.39 is 0 Å². The molecule has 0 bridgehead atoms. The first kappa shape index (κ1) is 17.4. The number of allylic oxidation sites excluding steroid dienone is 1. The predicted octanol–water partition coefficient (Wildman–Crippen LogP) is 2.01. The second kappa shape index (κ2) is 5.88. The van der Waals surface area contributed by atoms with E-state index in [0.717, 1.165) is 16.3 Å². The number of thiophene rings is 1. The Kier molecular flexibility index (Phi) is 3.65. The lowest BCUT2D eigenvalue weighted by Gasteiger charge is -2.20. The Morgan fingerprint density at radius 1 is 1.21 bits per heavy atom. The van der Waals surface area contributed by atoms with E-state index in [2.05, 4.69) is 6.07 Å². The maximum absolute atomic E-state index is 13.1. The van der Waals surface area contributed by atoms with Gasteiger partial charge in [0.25, 0.3) is 5.56 Å². The molecule has 1 unspecified atom stereocenters. The van der Waals surface area contributed by atoms with E-state index in [-0.39, 0.29) is 11.5 Å². The lowest BCUT2D eigenvalue weighted by molar-refractivity contribution is 0.933. The Morgan fingerprint density at radius 2 is 2.00 bits per heavy atom. The van der Waals surface area contributed by atoms with Crippen LogP contribution < -0.4 is 20.5 Å². The van der Waals surface area contributed by atoms with Crippen LogP contribution in [0.1, 0.15) is 27.1 Å². The van der Waals surface area contributed by atoms with Gasteiger partial charge >= 0.3 is 0 Å². The van der Waals surface area contributed by atoms with Gasteiger partial charge in [-0.05, 0) is 44.2 Å². The highest BCUT2D eigenvalue weighted by molar-refractivity contribution is 7.80. The molecule has 28 heavy (non-hydrogen) atoms. The highest BCUT2D eigenvalue weighted by Gasteiger charge is 2.41. The van der Waals surface area contributed by atoms with Crippen molar-refractivity contribution in [3.05, 3.63) is 70.5 Å². The second-order valence-electron chi connectivity index (χ2n) is 6.80. The molecule has 3 aromatic heterocycles. The van der Waals surface area contributed by atoms with Gasteiger partial charge in [0, 0.05) is 26.7 Å². The Morgan fingerprint density at radius 3 is 2.68 bits per heavy atom. The zero-order valence-electron chi connectivity index (χ0n) is 15.0. The van der Waals surface area contributed by atoms with Gasteiger partial charge in [-0.2, -0.15) is 5.26 Å². The van der Waals surface area contributed by atoms with Crippen LogP contribution in [0.5, 0.6) is 0 Å². The minimum Gasteiger partial charge on any atom is -0.384 e. The number of fused-ring (bicyclic) bond motifs is 4. The van der Waals surface area contributed by atoms with E-state index in [1.54, 1.807) is 11.3 Å². The maximum atomic E-state index is 13.1. The van der Waals surface area contributed by atoms with Crippen LogP contribution in [0.3, 0.4) is 0 Å². The topological polar surface area (TPSA) is 76.7 Å². The number of hydrogen-bond donors (Lipinski definition) is 1. The van der Waals surface area contributed by atoms with Gasteiger partial charge in [-0.25, -0.2) is 0 Å². The molecule has 8 heteroatoms. The van der Waals surface area contributed by atoms with Crippen LogP contribution >= 0.6 is 34.9 Å². The third kappa shape index (κ3) is 2.15. The van der Waals surface area contributed by atoms with Gasteiger partial charge < -0.3 is 10.3 Å². The van der Waals surface area contributed by atoms with Crippen LogP contribution in [0.25, 0.3) is 17.5 Å². The van der Waals surface area contributed by atoms with Crippen molar-refractivity contribution in [2.24, 2.45) is 5.73 Å². The van der Waals surface area contributed by atoms with Crippen LogP contribution in [0.4, 0.5) is 0 Å². The summed E-state index contributed by atoms with van der Waals surface area (Å²) in [6, 6.07) is 10.3. The summed E-state index contributed by atoms with van der Waals surface area (Å²) in [5.74, 6) is 0.185. The molecule has 5 rings (SSSR count). The number of aryl methyl sites for hydroxylation is 2. The van der Waals surface area contributed by atoms with Crippen LogP contribution in [-0.4, -0.2) is 14.1 Å². The number of rotatable bonds is 1. The van der Waals surface area contributed by atoms with Gasteiger partial charge in [0.2, 0.25) is 0 Å². The molecule has 3 aromatic rings. The average Bonchev–Trinajstić information content (AvgIpc) is 3.38. The summed E-state index contributed by atoms with van der Waals surface area (Å²) in [7, 11) is 0. The van der Waals surface area contributed by atoms with Gasteiger partial charge in [0.15, 0.2) is 0 Å². The minimum absolute atomic E-state index is 0.198. The zero-order chi connectivity index (χ0) is 19.7. The van der Waals surface area contributed by atoms with Crippen molar-refractivity contribution in [1.82, 2.24) is 9.13 Å². The molecule has 5 nitrogen and oxygen atoms in total. The van der Waals surface area contributed by atoms with E-state index in [1.165, 1.54) is 20.8 Å². The van der Waals surface area contributed by atoms with Crippen molar-refractivity contribution in [3.8, 4) is 6.07 Å². The minimum atomic E-state index is -0.318. The van der Waals surface area contributed by atoms with Gasteiger partial charge in [-0.15, -0.1) is 22.7 Å². The Bertz CT molecular complexity index is 1450. The van der Waals surface area contributed by atoms with E-state index in [4.69, 9.17) is 18.0 Å². The number of hydrogen-bond acceptors (Lipinski definition) is 6. The van der Waals surface area contributed by atoms with Gasteiger partial charge in [0.05, 0.1) is 22.1 Å². The van der Waals surface area contributed by atoms with Crippen molar-refractivity contribution < 1.29 is 0 Å². The molecule has 0 spiro atoms. The molecule has 0 saturated carbocycles. The first-order valence-electron chi connectivity index (χ1n) is 8.59. The van der Waals surface area contributed by atoms with Gasteiger partial charge in [-0.3, -0.25) is 9.36 Å². The second-order valence-corrected chi connectivity index (χ2v) is 9.54. The van der Waals surface area contributed by atoms with Crippen LogP contribution in [-0.2, 0) is 0 Å². The van der Waals surface area contributed by atoms with Crippen molar-refractivity contribution in [1.29, 1.82) is 5.26 Å². The highest BCUT2D eigenvalue weighted by Crippen LogP contribution is 2.43. The maximum Gasteiger partial charge on any atom is 0.274 e. The molecular formula is C20H14N4OS3. The summed E-state index contributed by atoms with van der Waals surface area (Å²) in [6.07, 6.45) is 1.87. The molecule has 138 valence electrons. The first-order chi connectivity index (χ1) is 13.4. The highest BCUT2D eigenvalue weighted by atomic mass is 32.1. The molecule has 0 saturated heterocycles. The summed E-state index contributed by atoms with van der Waals surface area (Å²) < 4.78 is 4.57. The van der Waals surface area contributed by atoms with Crippen LogP contribution in [0.15, 0.2) is 34.6 Å². The average molecular weight is 423 g/mol. The number of thiazole rings is 1. The van der Waals surface area contributed by atoms with Crippen molar-refractivity contribution >= 4 is 57.4 Å². The fourth-order valence-electron chi connectivity index (χ4n) is 3.92. The molecule has 5 heterocycles. The number of nitrogens with two attached hydrogens (primary N) is 1. The summed E-state index contributed by atoms with van der Waals surface area (Å²) in [4.78, 5) is 15.7. The van der Waals surface area contributed by atoms with Crippen molar-refractivity contribution in [3.63, 3.8) is 0 Å². The molecule has 2 N–H and O–H groups in total. The van der Waals surface area contributed by atoms with Crippen molar-refractivity contribution in [2.75, 3.05) is 0 Å². The standard InChI is InChI=1S/C20H14N4OS3/c1-9-3-6-13-15-12(8-21)20-24(19(26)16(15)17(22)23(9)13)18(25)14(28-20)7-11-5-4-10(2)27-11/h3-7,15H,22H2,1-2H3. The normalized spacial score (nSPS) is 18.3. The number of nitrogens with zero attached hydrogens (tertiary/aromatic N) is 3. The van der Waals surface area contributed by atoms with E-state index in [1.807, 2.05) is 48.8 Å². The smallest absolute Gasteiger partial charge is 0.274 e. The summed E-state index contributed by atoms with van der Waals surface area (Å²) >= 11 is 8.62. The number of nitriles is 1. The lowest BCUT2D eigenvalue weighted by atomic mass is 9.89. The van der Waals surface area contributed by atoms with Gasteiger partial charge in [-0.1, -0.05) is 12.2 Å². The fraction of sp³-hybridized carbons (Fsp3) is 0.150. The Balaban J connectivity index is 1.86. The lowest BCUT2D eigenvalue weighted by Crippen LogP contribution is -2.41. The SMILES string of the molecule is Cc1ccc(C=c2sc3n(c2=O)C(=S)C2=C(N)n4c(C)ccc4C2C=3C#N)s1. The largest absolute Gasteiger partial charge is 0.384 e. The van der Waals surface area contributed by atoms with Crippen LogP contribution in [0.2, 0.25) is 0 Å². The van der Waals surface area contributed by atoms with Crippen LogP contribution in [0, 0.1) is 25.2 Å². The summed E-state index contributed by atoms with van der Waals surface area (Å²) in [5.41, 5.74) is 9.31. The Labute approximate surface area is 173 Å². The molecule has 0 aliphatic carbocycles. The summed E-state index contributed by atoms with van der Waals surface area (Å²) in [6.45, 7) is 3.99. The van der Waals surface area contributed by atoms with E-state index >= 15 is 0 Å². The van der Waals surface area contributed by atoms with Gasteiger partial charge in [0.1, 0.15) is 15.5 Å². The van der Waals surface area contributed by atoms with Crippen molar-refractivity contribution in [2.45, 2.75) is 19.8 Å². The molecule has 2 aliphatic heterocycles. The van der Waals surface area contributed by atoms with E-state index in [9.17, 15) is 10.1 Å². The zero-order valence-corrected chi connectivity index (χ0v) is 17.5. The number of aromatic nitrogens is 2. The quantitative estimate of drug-likeness (QED) is 0.609. The molecule has 2 aliphatic rings. The van der Waals surface area contributed by atoms with E-state index in [0.29, 0.717) is 31.2 Å². The first-order valence-corrected chi connectivity index (χ1v) is 10.6. The Hall–Kier alpha value is -2.73. The summed E-state index contributed by atoms with van der Waals surface area (Å²) in [5, 5.41) is 9.96. The monoisotopic (exact) mass is 422 g/mol. The number of thiocarbonyl (C=S) groups is 1. The molecule has 0 radical (unpaired) electrons. The molecular weight excluding hydrogens is 408 g/mol. The molecule has 1 atom stereocenters. The molecule has 0 amide bonds.